The third kappa shape index (κ3) is 4.10. The number of pyridine rings is 1. The Morgan fingerprint density at radius 3 is 2.82 bits per heavy atom. The average Bonchev–Trinajstić information content (AvgIpc) is 3.14. The molecule has 4 aromatic rings. The van der Waals surface area contributed by atoms with E-state index in [2.05, 4.69) is 10.3 Å². The van der Waals surface area contributed by atoms with Gasteiger partial charge < -0.3 is 15.0 Å². The first-order valence-corrected chi connectivity index (χ1v) is 11.2. The molecule has 0 saturated heterocycles. The standard InChI is InChI=1S/C26H22ClN3O3/c27-22-12-19(31)8-6-18(22)15-30-23-11-17(26(33)29-14-16-3-2-10-28-13-16)7-9-20(23)21-4-1-5-24(32)25(21)30/h2-3,6-13,31H,1,4-5,14-15H2,(H,29,33). The van der Waals surface area contributed by atoms with Crippen molar-refractivity contribution in [1.82, 2.24) is 14.9 Å². The highest BCUT2D eigenvalue weighted by atomic mass is 35.5. The van der Waals surface area contributed by atoms with Crippen LogP contribution in [0.25, 0.3) is 10.9 Å². The molecule has 0 unspecified atom stereocenters. The summed E-state index contributed by atoms with van der Waals surface area (Å²) in [5, 5.41) is 14.0. The van der Waals surface area contributed by atoms with Crippen LogP contribution in [0.5, 0.6) is 5.75 Å². The van der Waals surface area contributed by atoms with Gasteiger partial charge in [0, 0.05) is 53.4 Å². The van der Waals surface area contributed by atoms with Gasteiger partial charge in [0.2, 0.25) is 0 Å². The molecule has 2 aromatic carbocycles. The molecule has 0 spiro atoms. The van der Waals surface area contributed by atoms with Crippen molar-refractivity contribution in [2.75, 3.05) is 0 Å². The monoisotopic (exact) mass is 459 g/mol. The van der Waals surface area contributed by atoms with Gasteiger partial charge in [0.15, 0.2) is 5.78 Å². The third-order valence-corrected chi connectivity index (χ3v) is 6.42. The number of rotatable bonds is 5. The zero-order chi connectivity index (χ0) is 22.9. The van der Waals surface area contributed by atoms with Crippen LogP contribution in [0.15, 0.2) is 60.9 Å². The third-order valence-electron chi connectivity index (χ3n) is 6.07. The lowest BCUT2D eigenvalue weighted by Crippen LogP contribution is -2.22. The van der Waals surface area contributed by atoms with Gasteiger partial charge in [-0.05, 0) is 59.9 Å². The molecule has 166 valence electrons. The van der Waals surface area contributed by atoms with Crippen LogP contribution in [0.1, 0.15) is 50.4 Å². The molecule has 0 radical (unpaired) electrons. The Labute approximate surface area is 195 Å². The molecule has 1 amide bonds. The average molecular weight is 460 g/mol. The minimum Gasteiger partial charge on any atom is -0.508 e. The first-order valence-electron chi connectivity index (χ1n) is 10.8. The maximum absolute atomic E-state index is 12.9. The Morgan fingerprint density at radius 2 is 2.03 bits per heavy atom. The summed E-state index contributed by atoms with van der Waals surface area (Å²) in [4.78, 5) is 29.8. The van der Waals surface area contributed by atoms with Crippen LogP contribution in [-0.2, 0) is 19.5 Å². The second-order valence-corrected chi connectivity index (χ2v) is 8.65. The maximum Gasteiger partial charge on any atom is 0.251 e. The largest absolute Gasteiger partial charge is 0.508 e. The molecule has 6 nitrogen and oxygen atoms in total. The number of aryl methyl sites for hydroxylation is 1. The number of amides is 1. The van der Waals surface area contributed by atoms with E-state index in [0.29, 0.717) is 35.8 Å². The summed E-state index contributed by atoms with van der Waals surface area (Å²) in [6.45, 7) is 0.751. The van der Waals surface area contributed by atoms with Crippen molar-refractivity contribution >= 4 is 34.2 Å². The van der Waals surface area contributed by atoms with Gasteiger partial charge in [0.05, 0.1) is 5.69 Å². The number of ketones is 1. The van der Waals surface area contributed by atoms with Gasteiger partial charge >= 0.3 is 0 Å². The topological polar surface area (TPSA) is 84.2 Å². The number of halogens is 1. The summed E-state index contributed by atoms with van der Waals surface area (Å²) in [5.41, 5.74) is 4.77. The molecule has 5 rings (SSSR count). The number of hydrogen-bond donors (Lipinski definition) is 2. The van der Waals surface area contributed by atoms with Gasteiger partial charge in [0.25, 0.3) is 5.91 Å². The van der Waals surface area contributed by atoms with Gasteiger partial charge in [-0.1, -0.05) is 29.8 Å². The number of nitrogens with zero attached hydrogens (tertiary/aromatic N) is 2. The summed E-state index contributed by atoms with van der Waals surface area (Å²) in [7, 11) is 0. The summed E-state index contributed by atoms with van der Waals surface area (Å²) in [6.07, 6.45) is 5.55. The number of carbonyl (C=O) groups excluding carboxylic acids is 2. The van der Waals surface area contributed by atoms with Gasteiger partial charge in [-0.2, -0.15) is 0 Å². The Balaban J connectivity index is 1.55. The van der Waals surface area contributed by atoms with Crippen LogP contribution in [0.3, 0.4) is 0 Å². The van der Waals surface area contributed by atoms with E-state index in [9.17, 15) is 14.7 Å². The Hall–Kier alpha value is -3.64. The molecule has 0 saturated carbocycles. The molecule has 2 heterocycles. The molecule has 7 heteroatoms. The second-order valence-electron chi connectivity index (χ2n) is 8.24. The first kappa shape index (κ1) is 21.2. The van der Waals surface area contributed by atoms with Crippen LogP contribution in [-0.4, -0.2) is 26.3 Å². The van der Waals surface area contributed by atoms with E-state index in [1.165, 1.54) is 6.07 Å². The van der Waals surface area contributed by atoms with Crippen molar-refractivity contribution in [2.24, 2.45) is 0 Å². The normalized spacial score (nSPS) is 13.2. The van der Waals surface area contributed by atoms with E-state index in [0.717, 1.165) is 40.4 Å². The smallest absolute Gasteiger partial charge is 0.251 e. The van der Waals surface area contributed by atoms with Crippen molar-refractivity contribution in [3.8, 4) is 5.75 Å². The Bertz CT molecular complexity index is 1380. The molecule has 1 aliphatic rings. The number of nitrogens with one attached hydrogen (secondary N) is 1. The minimum atomic E-state index is -0.194. The van der Waals surface area contributed by atoms with Crippen molar-refractivity contribution in [3.63, 3.8) is 0 Å². The fraction of sp³-hybridized carbons (Fsp3) is 0.192. The quantitative estimate of drug-likeness (QED) is 0.445. The number of carbonyl (C=O) groups is 2. The predicted molar refractivity (Wildman–Crippen MR) is 127 cm³/mol. The molecule has 33 heavy (non-hydrogen) atoms. The zero-order valence-electron chi connectivity index (χ0n) is 17.8. The molecule has 1 aliphatic carbocycles. The number of aromatic hydroxyl groups is 1. The maximum atomic E-state index is 12.9. The van der Waals surface area contributed by atoms with E-state index in [1.54, 1.807) is 30.6 Å². The van der Waals surface area contributed by atoms with Crippen LogP contribution < -0.4 is 5.32 Å². The molecule has 2 aromatic heterocycles. The SMILES string of the molecule is O=C(NCc1cccnc1)c1ccc2c3c(n(Cc4ccc(O)cc4Cl)c2c1)C(=O)CCC3. The highest BCUT2D eigenvalue weighted by Gasteiger charge is 2.27. The molecule has 0 fully saturated rings. The van der Waals surface area contributed by atoms with Crippen LogP contribution in [0.4, 0.5) is 0 Å². The van der Waals surface area contributed by atoms with E-state index in [4.69, 9.17) is 11.6 Å². The molecule has 2 N–H and O–H groups in total. The summed E-state index contributed by atoms with van der Waals surface area (Å²) in [5.74, 6) is -0.00260. The lowest BCUT2D eigenvalue weighted by atomic mass is 9.94. The van der Waals surface area contributed by atoms with Gasteiger partial charge in [-0.15, -0.1) is 0 Å². The van der Waals surface area contributed by atoms with Crippen LogP contribution >= 0.6 is 11.6 Å². The van der Waals surface area contributed by atoms with Crippen LogP contribution in [0.2, 0.25) is 5.02 Å². The van der Waals surface area contributed by atoms with Gasteiger partial charge in [-0.25, -0.2) is 0 Å². The predicted octanol–water partition coefficient (Wildman–Crippen LogP) is 4.89. The molecule has 0 atom stereocenters. The fourth-order valence-corrected chi connectivity index (χ4v) is 4.70. The summed E-state index contributed by atoms with van der Waals surface area (Å²) >= 11 is 6.37. The number of hydrogen-bond acceptors (Lipinski definition) is 4. The van der Waals surface area contributed by atoms with E-state index >= 15 is 0 Å². The Kier molecular flexibility index (Phi) is 5.60. The van der Waals surface area contributed by atoms with Crippen LogP contribution in [0, 0.1) is 0 Å². The van der Waals surface area contributed by atoms with Crippen molar-refractivity contribution < 1.29 is 14.7 Å². The number of benzene rings is 2. The number of phenols is 1. The minimum absolute atomic E-state index is 0.0896. The Morgan fingerprint density at radius 1 is 1.15 bits per heavy atom. The van der Waals surface area contributed by atoms with Crippen molar-refractivity contribution in [1.29, 1.82) is 0 Å². The van der Waals surface area contributed by atoms with E-state index in [-0.39, 0.29) is 17.4 Å². The fourth-order valence-electron chi connectivity index (χ4n) is 4.46. The summed E-state index contributed by atoms with van der Waals surface area (Å²) in [6, 6.07) is 14.1. The number of Topliss-reactive ketones (excluding diaryl/α,β-unsaturated/α-hetero) is 1. The molecule has 0 bridgehead atoms. The summed E-state index contributed by atoms with van der Waals surface area (Å²) < 4.78 is 1.96. The zero-order valence-corrected chi connectivity index (χ0v) is 18.6. The highest BCUT2D eigenvalue weighted by Crippen LogP contribution is 2.34. The number of aromatic nitrogens is 2. The number of fused-ring (bicyclic) bond motifs is 3. The lowest BCUT2D eigenvalue weighted by Gasteiger charge is -2.16. The first-order chi connectivity index (χ1) is 16.0. The highest BCUT2D eigenvalue weighted by molar-refractivity contribution is 6.31. The second kappa shape index (κ2) is 8.71. The van der Waals surface area contributed by atoms with Gasteiger partial charge in [0.1, 0.15) is 5.75 Å². The molecular formula is C26H22ClN3O3. The van der Waals surface area contributed by atoms with E-state index in [1.807, 2.05) is 28.8 Å². The van der Waals surface area contributed by atoms with Crippen molar-refractivity contribution in [2.45, 2.75) is 32.4 Å². The molecule has 0 aliphatic heterocycles. The number of phenolic OH excluding ortho intramolecular Hbond substituents is 1. The van der Waals surface area contributed by atoms with Crippen molar-refractivity contribution in [3.05, 3.63) is 93.9 Å². The molecular weight excluding hydrogens is 438 g/mol. The van der Waals surface area contributed by atoms with Gasteiger partial charge in [-0.3, -0.25) is 14.6 Å². The lowest BCUT2D eigenvalue weighted by molar-refractivity contribution is 0.0947. The van der Waals surface area contributed by atoms with E-state index < -0.39 is 0 Å².